The predicted molar refractivity (Wildman–Crippen MR) is 45.6 cm³/mol. The molecule has 0 bridgehead atoms. The van der Waals surface area contributed by atoms with Crippen LogP contribution in [0.4, 0.5) is 5.13 Å². The Labute approximate surface area is 73.8 Å². The first kappa shape index (κ1) is 8.92. The van der Waals surface area contributed by atoms with E-state index < -0.39 is 5.97 Å². The summed E-state index contributed by atoms with van der Waals surface area (Å²) in [5, 5.41) is 9.10. The molecule has 0 aliphatic heterocycles. The Morgan fingerprint density at radius 3 is 2.83 bits per heavy atom. The molecule has 0 aliphatic carbocycles. The number of likely N-dealkylation sites (N-methyl/N-ethyl adjacent to an activating group) is 1. The summed E-state index contributed by atoms with van der Waals surface area (Å²) in [6.07, 6.45) is 0. The van der Waals surface area contributed by atoms with Gasteiger partial charge in [0.25, 0.3) is 0 Å². The molecule has 1 rings (SSSR count). The number of anilines is 1. The van der Waals surface area contributed by atoms with Crippen LogP contribution in [-0.2, 0) is 4.79 Å². The Bertz CT molecular complexity index is 286. The minimum atomic E-state index is -0.870. The van der Waals surface area contributed by atoms with E-state index in [-0.39, 0.29) is 6.54 Å². The number of carbonyl (C=O) groups is 1. The second kappa shape index (κ2) is 3.48. The molecule has 1 heterocycles. The number of aryl methyl sites for hydroxylation is 1. The largest absolute Gasteiger partial charge is 0.480 e. The first-order valence-corrected chi connectivity index (χ1v) is 4.10. The third kappa shape index (κ3) is 2.16. The van der Waals surface area contributed by atoms with Crippen LogP contribution in [0.5, 0.6) is 0 Å². The molecule has 0 radical (unpaired) electrons. The van der Waals surface area contributed by atoms with Crippen LogP contribution in [-0.4, -0.2) is 34.0 Å². The first-order chi connectivity index (χ1) is 5.59. The van der Waals surface area contributed by atoms with Gasteiger partial charge in [-0.05, 0) is 6.92 Å². The van der Waals surface area contributed by atoms with E-state index in [1.165, 1.54) is 11.5 Å². The molecule has 66 valence electrons. The fourth-order valence-electron chi connectivity index (χ4n) is 0.712. The van der Waals surface area contributed by atoms with Crippen molar-refractivity contribution in [2.45, 2.75) is 6.92 Å². The average Bonchev–Trinajstić information content (AvgIpc) is 2.34. The molecule has 0 atom stereocenters. The highest BCUT2D eigenvalue weighted by atomic mass is 32.1. The van der Waals surface area contributed by atoms with Gasteiger partial charge in [-0.25, -0.2) is 4.98 Å². The van der Waals surface area contributed by atoms with Crippen molar-refractivity contribution in [1.29, 1.82) is 0 Å². The second-order valence-electron chi connectivity index (χ2n) is 2.37. The summed E-state index contributed by atoms with van der Waals surface area (Å²) in [6, 6.07) is 0. The van der Waals surface area contributed by atoms with E-state index in [9.17, 15) is 4.79 Å². The Morgan fingerprint density at radius 1 is 1.75 bits per heavy atom. The maximum Gasteiger partial charge on any atom is 0.323 e. The van der Waals surface area contributed by atoms with Gasteiger partial charge in [-0.2, -0.15) is 4.37 Å². The highest BCUT2D eigenvalue weighted by Crippen LogP contribution is 2.14. The molecule has 5 nitrogen and oxygen atoms in total. The molecule has 0 saturated heterocycles. The van der Waals surface area contributed by atoms with Crippen LogP contribution in [0.15, 0.2) is 0 Å². The lowest BCUT2D eigenvalue weighted by Crippen LogP contribution is -2.24. The van der Waals surface area contributed by atoms with Gasteiger partial charge in [0.05, 0.1) is 0 Å². The van der Waals surface area contributed by atoms with Crippen molar-refractivity contribution in [3.8, 4) is 0 Å². The maximum absolute atomic E-state index is 10.3. The molecule has 0 saturated carbocycles. The Morgan fingerprint density at radius 2 is 2.42 bits per heavy atom. The van der Waals surface area contributed by atoms with Crippen LogP contribution in [0, 0.1) is 6.92 Å². The number of hydrogen-bond donors (Lipinski definition) is 1. The van der Waals surface area contributed by atoms with E-state index in [0.29, 0.717) is 11.0 Å². The van der Waals surface area contributed by atoms with Crippen LogP contribution in [0.25, 0.3) is 0 Å². The second-order valence-corrected chi connectivity index (χ2v) is 3.10. The maximum atomic E-state index is 10.3. The Balaban J connectivity index is 2.64. The van der Waals surface area contributed by atoms with E-state index in [1.807, 2.05) is 0 Å². The van der Waals surface area contributed by atoms with Crippen molar-refractivity contribution in [2.75, 3.05) is 18.5 Å². The quantitative estimate of drug-likeness (QED) is 0.740. The highest BCUT2D eigenvalue weighted by Gasteiger charge is 2.09. The summed E-state index contributed by atoms with van der Waals surface area (Å²) < 4.78 is 3.94. The van der Waals surface area contributed by atoms with Gasteiger partial charge in [-0.1, -0.05) is 0 Å². The van der Waals surface area contributed by atoms with Gasteiger partial charge in [0.15, 0.2) is 0 Å². The zero-order chi connectivity index (χ0) is 9.14. The number of nitrogens with zero attached hydrogens (tertiary/aromatic N) is 3. The summed E-state index contributed by atoms with van der Waals surface area (Å²) in [6.45, 7) is 1.73. The van der Waals surface area contributed by atoms with Crippen LogP contribution in [0.3, 0.4) is 0 Å². The number of aromatic nitrogens is 2. The van der Waals surface area contributed by atoms with E-state index in [1.54, 1.807) is 18.9 Å². The molecule has 0 unspecified atom stereocenters. The third-order valence-corrected chi connectivity index (χ3v) is 2.14. The number of rotatable bonds is 3. The smallest absolute Gasteiger partial charge is 0.323 e. The standard InChI is InChI=1S/C6H9N3O2S/c1-4-7-6(12-8-4)9(2)3-5(10)11/h3H2,1-2H3,(H,10,11). The van der Waals surface area contributed by atoms with E-state index >= 15 is 0 Å². The lowest BCUT2D eigenvalue weighted by Gasteiger charge is -2.10. The monoisotopic (exact) mass is 187 g/mol. The molecule has 0 fully saturated rings. The topological polar surface area (TPSA) is 66.3 Å². The van der Waals surface area contributed by atoms with Crippen molar-refractivity contribution >= 4 is 22.6 Å². The Kier molecular flexibility index (Phi) is 2.59. The van der Waals surface area contributed by atoms with Gasteiger partial charge in [0.1, 0.15) is 12.4 Å². The lowest BCUT2D eigenvalue weighted by molar-refractivity contribution is -0.135. The predicted octanol–water partition coefficient (Wildman–Crippen LogP) is 0.367. The minimum absolute atomic E-state index is 0.0470. The zero-order valence-electron chi connectivity index (χ0n) is 6.81. The number of carboxylic acid groups (broad SMARTS) is 1. The molecule has 0 aromatic carbocycles. The van der Waals surface area contributed by atoms with E-state index in [2.05, 4.69) is 9.36 Å². The minimum Gasteiger partial charge on any atom is -0.480 e. The van der Waals surface area contributed by atoms with E-state index in [0.717, 1.165) is 0 Å². The first-order valence-electron chi connectivity index (χ1n) is 3.33. The normalized spacial score (nSPS) is 9.83. The third-order valence-electron chi connectivity index (χ3n) is 1.22. The summed E-state index contributed by atoms with van der Waals surface area (Å²) in [5.74, 6) is -0.197. The zero-order valence-corrected chi connectivity index (χ0v) is 7.63. The molecule has 6 heteroatoms. The molecular formula is C6H9N3O2S. The van der Waals surface area contributed by atoms with Gasteiger partial charge < -0.3 is 10.0 Å². The summed E-state index contributed by atoms with van der Waals surface area (Å²) in [7, 11) is 1.67. The molecule has 0 spiro atoms. The SMILES string of the molecule is Cc1nsc(N(C)CC(=O)O)n1. The van der Waals surface area contributed by atoms with Gasteiger partial charge in [0.2, 0.25) is 5.13 Å². The van der Waals surface area contributed by atoms with Crippen molar-refractivity contribution in [3.63, 3.8) is 0 Å². The lowest BCUT2D eigenvalue weighted by atomic mass is 10.6. The van der Waals surface area contributed by atoms with Gasteiger partial charge in [0, 0.05) is 18.6 Å². The van der Waals surface area contributed by atoms with Gasteiger partial charge in [-0.15, -0.1) is 0 Å². The molecular weight excluding hydrogens is 178 g/mol. The Hall–Kier alpha value is -1.17. The number of carboxylic acids is 1. The van der Waals surface area contributed by atoms with Crippen molar-refractivity contribution in [1.82, 2.24) is 9.36 Å². The summed E-state index contributed by atoms with van der Waals surface area (Å²) in [4.78, 5) is 15.9. The summed E-state index contributed by atoms with van der Waals surface area (Å²) >= 11 is 1.20. The molecule has 1 aromatic rings. The molecule has 0 aliphatic rings. The van der Waals surface area contributed by atoms with Gasteiger partial charge >= 0.3 is 5.97 Å². The average molecular weight is 187 g/mol. The van der Waals surface area contributed by atoms with Gasteiger partial charge in [-0.3, -0.25) is 4.79 Å². The molecule has 12 heavy (non-hydrogen) atoms. The fraction of sp³-hybridized carbons (Fsp3) is 0.500. The van der Waals surface area contributed by atoms with E-state index in [4.69, 9.17) is 5.11 Å². The molecule has 1 aromatic heterocycles. The highest BCUT2D eigenvalue weighted by molar-refractivity contribution is 7.09. The fourth-order valence-corrected chi connectivity index (χ4v) is 1.34. The van der Waals surface area contributed by atoms with Crippen LogP contribution in [0.2, 0.25) is 0 Å². The number of aliphatic carboxylic acids is 1. The van der Waals surface area contributed by atoms with Crippen LogP contribution >= 0.6 is 11.5 Å². The van der Waals surface area contributed by atoms with Crippen LogP contribution in [0.1, 0.15) is 5.82 Å². The molecule has 1 N–H and O–H groups in total. The van der Waals surface area contributed by atoms with Crippen molar-refractivity contribution < 1.29 is 9.90 Å². The summed E-state index contributed by atoms with van der Waals surface area (Å²) in [5.41, 5.74) is 0. The van der Waals surface area contributed by atoms with Crippen LogP contribution < -0.4 is 4.90 Å². The van der Waals surface area contributed by atoms with Crippen molar-refractivity contribution in [2.24, 2.45) is 0 Å². The van der Waals surface area contributed by atoms with Crippen molar-refractivity contribution in [3.05, 3.63) is 5.82 Å². The number of hydrogen-bond acceptors (Lipinski definition) is 5. The molecule has 0 amide bonds.